The Morgan fingerprint density at radius 3 is 2.50 bits per heavy atom. The second kappa shape index (κ2) is 4.30. The van der Waals surface area contributed by atoms with Crippen LogP contribution in [0.5, 0.6) is 0 Å². The molecular formula is C13H23N5. The maximum absolute atomic E-state index is 6.05. The van der Waals surface area contributed by atoms with E-state index in [0.717, 1.165) is 36.2 Å². The second-order valence-corrected chi connectivity index (χ2v) is 6.11. The van der Waals surface area contributed by atoms with Crippen LogP contribution in [0, 0.1) is 5.41 Å². The molecule has 0 unspecified atom stereocenters. The normalized spacial score (nSPS) is 12.5. The van der Waals surface area contributed by atoms with Crippen LogP contribution in [0.3, 0.4) is 0 Å². The van der Waals surface area contributed by atoms with Crippen LogP contribution >= 0.6 is 0 Å². The average Bonchev–Trinajstić information content (AvgIpc) is 2.67. The number of nitrogen functional groups attached to an aromatic ring is 1. The van der Waals surface area contributed by atoms with Gasteiger partial charge < -0.3 is 5.73 Å². The Hall–Kier alpha value is -1.52. The molecule has 100 valence electrons. The highest BCUT2D eigenvalue weighted by Gasteiger charge is 2.21. The molecule has 0 radical (unpaired) electrons. The van der Waals surface area contributed by atoms with Crippen molar-refractivity contribution in [2.24, 2.45) is 12.5 Å². The van der Waals surface area contributed by atoms with Gasteiger partial charge in [-0.1, -0.05) is 34.1 Å². The number of hydrogen-bond donors (Lipinski definition) is 1. The minimum Gasteiger partial charge on any atom is -0.369 e. The number of aryl methyl sites for hydroxylation is 2. The highest BCUT2D eigenvalue weighted by atomic mass is 15.3. The molecule has 0 saturated carbocycles. The summed E-state index contributed by atoms with van der Waals surface area (Å²) in [5.41, 5.74) is 9.26. The minimum absolute atomic E-state index is 0.164. The van der Waals surface area contributed by atoms with E-state index in [1.807, 2.05) is 11.7 Å². The Labute approximate surface area is 108 Å². The van der Waals surface area contributed by atoms with E-state index in [1.54, 1.807) is 0 Å². The van der Waals surface area contributed by atoms with Gasteiger partial charge >= 0.3 is 0 Å². The average molecular weight is 249 g/mol. The van der Waals surface area contributed by atoms with Gasteiger partial charge in [-0.15, -0.1) is 0 Å². The molecule has 0 spiro atoms. The third-order valence-electron chi connectivity index (χ3n) is 2.94. The Kier molecular flexibility index (Phi) is 3.09. The van der Waals surface area contributed by atoms with Gasteiger partial charge in [0.1, 0.15) is 5.52 Å². The fourth-order valence-electron chi connectivity index (χ4n) is 2.29. The maximum atomic E-state index is 6.05. The maximum Gasteiger partial charge on any atom is 0.202 e. The molecule has 0 atom stereocenters. The number of nitrogens with two attached hydrogens (primary N) is 1. The summed E-state index contributed by atoms with van der Waals surface area (Å²) in [7, 11) is 1.96. The van der Waals surface area contributed by atoms with E-state index in [2.05, 4.69) is 42.3 Å². The van der Waals surface area contributed by atoms with E-state index in [1.165, 1.54) is 0 Å². The van der Waals surface area contributed by atoms with Gasteiger partial charge in [-0.2, -0.15) is 5.10 Å². The smallest absolute Gasteiger partial charge is 0.202 e. The molecule has 0 aromatic carbocycles. The van der Waals surface area contributed by atoms with E-state index >= 15 is 0 Å². The molecule has 0 amide bonds. The SMILES string of the molecule is CCCc1nn(C)c2c1nc(N)n2CC(C)(C)C. The van der Waals surface area contributed by atoms with Crippen LogP contribution in [0.2, 0.25) is 0 Å². The van der Waals surface area contributed by atoms with E-state index in [-0.39, 0.29) is 5.41 Å². The number of nitrogens with zero attached hydrogens (tertiary/aromatic N) is 4. The van der Waals surface area contributed by atoms with Crippen molar-refractivity contribution in [3.8, 4) is 0 Å². The van der Waals surface area contributed by atoms with Crippen LogP contribution < -0.4 is 5.73 Å². The molecule has 2 aromatic heterocycles. The zero-order chi connectivity index (χ0) is 13.5. The number of hydrogen-bond acceptors (Lipinski definition) is 3. The topological polar surface area (TPSA) is 61.7 Å². The lowest BCUT2D eigenvalue weighted by molar-refractivity contribution is 0.348. The zero-order valence-corrected chi connectivity index (χ0v) is 12.0. The summed E-state index contributed by atoms with van der Waals surface area (Å²) in [6.45, 7) is 9.58. The lowest BCUT2D eigenvalue weighted by Gasteiger charge is -2.20. The molecule has 0 aliphatic carbocycles. The molecular weight excluding hydrogens is 226 g/mol. The molecule has 5 nitrogen and oxygen atoms in total. The lowest BCUT2D eigenvalue weighted by Crippen LogP contribution is -2.18. The summed E-state index contributed by atoms with van der Waals surface area (Å²) in [4.78, 5) is 4.49. The van der Waals surface area contributed by atoms with E-state index in [0.29, 0.717) is 5.95 Å². The van der Waals surface area contributed by atoms with Crippen molar-refractivity contribution in [1.29, 1.82) is 0 Å². The molecule has 5 heteroatoms. The third-order valence-corrected chi connectivity index (χ3v) is 2.94. The predicted octanol–water partition coefficient (Wildman–Crippen LogP) is 2.35. The second-order valence-electron chi connectivity index (χ2n) is 6.11. The molecule has 2 heterocycles. The van der Waals surface area contributed by atoms with Crippen LogP contribution in [0.4, 0.5) is 5.95 Å². The number of fused-ring (bicyclic) bond motifs is 1. The molecule has 0 aliphatic rings. The molecule has 0 bridgehead atoms. The highest BCUT2D eigenvalue weighted by Crippen LogP contribution is 2.26. The minimum atomic E-state index is 0.164. The van der Waals surface area contributed by atoms with E-state index in [9.17, 15) is 0 Å². The van der Waals surface area contributed by atoms with Gasteiger partial charge in [0.05, 0.1) is 5.69 Å². The van der Waals surface area contributed by atoms with Gasteiger partial charge in [-0.3, -0.25) is 9.25 Å². The standard InChI is InChI=1S/C13H23N5/c1-6-7-9-10-11(17(5)16-9)18(12(14)15-10)8-13(2,3)4/h6-8H2,1-5H3,(H2,14,15). The van der Waals surface area contributed by atoms with Crippen molar-refractivity contribution in [2.75, 3.05) is 5.73 Å². The Morgan fingerprint density at radius 2 is 1.94 bits per heavy atom. The molecule has 0 aliphatic heterocycles. The number of aromatic nitrogens is 4. The van der Waals surface area contributed by atoms with Crippen molar-refractivity contribution in [1.82, 2.24) is 19.3 Å². The van der Waals surface area contributed by atoms with E-state index in [4.69, 9.17) is 5.73 Å². The molecule has 2 aromatic rings. The Morgan fingerprint density at radius 1 is 1.28 bits per heavy atom. The molecule has 18 heavy (non-hydrogen) atoms. The fourth-order valence-corrected chi connectivity index (χ4v) is 2.29. The quantitative estimate of drug-likeness (QED) is 0.908. The zero-order valence-electron chi connectivity index (χ0n) is 12.0. The predicted molar refractivity (Wildman–Crippen MR) is 74.4 cm³/mol. The highest BCUT2D eigenvalue weighted by molar-refractivity contribution is 5.77. The van der Waals surface area contributed by atoms with Gasteiger partial charge in [0.25, 0.3) is 0 Å². The number of anilines is 1. The summed E-state index contributed by atoms with van der Waals surface area (Å²) in [5, 5.41) is 4.55. The van der Waals surface area contributed by atoms with Crippen molar-refractivity contribution in [3.63, 3.8) is 0 Å². The molecule has 2 rings (SSSR count). The molecule has 0 saturated heterocycles. The van der Waals surface area contributed by atoms with Crippen LogP contribution in [-0.2, 0) is 20.0 Å². The summed E-state index contributed by atoms with van der Waals surface area (Å²) >= 11 is 0. The first-order valence-electron chi connectivity index (χ1n) is 6.51. The van der Waals surface area contributed by atoms with Crippen molar-refractivity contribution in [2.45, 2.75) is 47.1 Å². The number of rotatable bonds is 3. The summed E-state index contributed by atoms with van der Waals surface area (Å²) < 4.78 is 3.97. The van der Waals surface area contributed by atoms with Gasteiger partial charge in [0, 0.05) is 13.6 Å². The van der Waals surface area contributed by atoms with E-state index < -0.39 is 0 Å². The Bertz CT molecular complexity index is 556. The summed E-state index contributed by atoms with van der Waals surface area (Å²) in [6, 6.07) is 0. The third kappa shape index (κ3) is 2.21. The summed E-state index contributed by atoms with van der Waals surface area (Å²) in [6.07, 6.45) is 2.02. The van der Waals surface area contributed by atoms with Gasteiger partial charge in [-0.25, -0.2) is 4.98 Å². The molecule has 2 N–H and O–H groups in total. The van der Waals surface area contributed by atoms with Gasteiger partial charge in [-0.05, 0) is 11.8 Å². The monoisotopic (exact) mass is 249 g/mol. The first-order valence-corrected chi connectivity index (χ1v) is 6.51. The Balaban J connectivity index is 2.57. The van der Waals surface area contributed by atoms with Crippen LogP contribution in [-0.4, -0.2) is 19.3 Å². The first-order chi connectivity index (χ1) is 8.33. The lowest BCUT2D eigenvalue weighted by atomic mass is 9.97. The summed E-state index contributed by atoms with van der Waals surface area (Å²) in [5.74, 6) is 0.588. The van der Waals surface area contributed by atoms with Crippen LogP contribution in [0.15, 0.2) is 0 Å². The van der Waals surface area contributed by atoms with Crippen LogP contribution in [0.25, 0.3) is 11.2 Å². The number of imidazole rings is 1. The van der Waals surface area contributed by atoms with Gasteiger partial charge in [0.15, 0.2) is 5.65 Å². The van der Waals surface area contributed by atoms with Gasteiger partial charge in [0.2, 0.25) is 5.95 Å². The molecule has 0 fully saturated rings. The van der Waals surface area contributed by atoms with Crippen molar-refractivity contribution in [3.05, 3.63) is 5.69 Å². The van der Waals surface area contributed by atoms with Crippen molar-refractivity contribution >= 4 is 17.1 Å². The largest absolute Gasteiger partial charge is 0.369 e. The van der Waals surface area contributed by atoms with Crippen LogP contribution in [0.1, 0.15) is 39.8 Å². The van der Waals surface area contributed by atoms with Crippen molar-refractivity contribution < 1.29 is 0 Å². The fraction of sp³-hybridized carbons (Fsp3) is 0.692. The first kappa shape index (κ1) is 12.9.